The highest BCUT2D eigenvalue weighted by Gasteiger charge is 2.27. The molecule has 3 N–H and O–H groups in total. The van der Waals surface area contributed by atoms with Crippen LogP contribution in [0.1, 0.15) is 23.5 Å². The largest absolute Gasteiger partial charge is 0.376 e. The van der Waals surface area contributed by atoms with Crippen molar-refractivity contribution in [2.24, 2.45) is 5.73 Å². The van der Waals surface area contributed by atoms with Gasteiger partial charge in [-0.25, -0.2) is 9.29 Å². The van der Waals surface area contributed by atoms with E-state index in [1.165, 1.54) is 4.21 Å². The van der Waals surface area contributed by atoms with Gasteiger partial charge in [-0.1, -0.05) is 0 Å². The average Bonchev–Trinajstić information content (AvgIpc) is 2.66. The fraction of sp³-hybridized carbons (Fsp3) is 0.769. The topological polar surface area (TPSA) is 65.6 Å². The van der Waals surface area contributed by atoms with Crippen LogP contribution in [-0.4, -0.2) is 58.2 Å². The normalized spacial score (nSPS) is 19.7. The van der Waals surface area contributed by atoms with Crippen LogP contribution in [0, 0.1) is 13.8 Å². The molecule has 0 saturated carbocycles. The zero-order valence-electron chi connectivity index (χ0n) is 12.4. The Morgan fingerprint density at radius 1 is 1.45 bits per heavy atom. The lowest BCUT2D eigenvalue weighted by Gasteiger charge is -2.36. The zero-order valence-corrected chi connectivity index (χ0v) is 14.1. The summed E-state index contributed by atoms with van der Waals surface area (Å²) in [4.78, 5) is 6.81. The summed E-state index contributed by atoms with van der Waals surface area (Å²) in [5.41, 5.74) is 5.90. The Kier molecular flexibility index (Phi) is 5.44. The van der Waals surface area contributed by atoms with Gasteiger partial charge in [0.05, 0.1) is 14.9 Å². The number of hydrogen-bond donors (Lipinski definition) is 2. The first-order valence-corrected chi connectivity index (χ1v) is 8.51. The number of nitrogens with two attached hydrogens (primary N) is 1. The Bertz CT molecular complexity index is 440. The minimum absolute atomic E-state index is 0.664. The van der Waals surface area contributed by atoms with Crippen molar-refractivity contribution in [3.05, 3.63) is 10.7 Å². The van der Waals surface area contributed by atoms with E-state index in [2.05, 4.69) is 28.2 Å². The highest BCUT2D eigenvalue weighted by atomic mass is 32.2. The first-order chi connectivity index (χ1) is 9.35. The van der Waals surface area contributed by atoms with Gasteiger partial charge in [-0.15, -0.1) is 11.3 Å². The van der Waals surface area contributed by atoms with E-state index >= 15 is 0 Å². The number of hydrogen-bond acceptors (Lipinski definition) is 7. The van der Waals surface area contributed by atoms with Crippen molar-refractivity contribution in [2.75, 3.05) is 33.2 Å². The van der Waals surface area contributed by atoms with Gasteiger partial charge in [-0.05, 0) is 32.8 Å². The van der Waals surface area contributed by atoms with Crippen LogP contribution >= 0.6 is 23.3 Å². The molecule has 0 atom stereocenters. The van der Waals surface area contributed by atoms with Crippen molar-refractivity contribution in [3.63, 3.8) is 0 Å². The van der Waals surface area contributed by atoms with Gasteiger partial charge in [0, 0.05) is 39.0 Å². The fourth-order valence-corrected chi connectivity index (χ4v) is 4.40. The van der Waals surface area contributed by atoms with Gasteiger partial charge >= 0.3 is 0 Å². The molecule has 1 saturated heterocycles. The maximum absolute atomic E-state index is 9.73. The lowest BCUT2D eigenvalue weighted by Crippen LogP contribution is -2.51. The highest BCUT2D eigenvalue weighted by Crippen LogP contribution is 2.30. The number of likely N-dealkylation sites (tertiary alicyclic amines) is 1. The summed E-state index contributed by atoms with van der Waals surface area (Å²) in [6.07, 6.45) is 1.33. The monoisotopic (exact) mass is 316 g/mol. The molecule has 7 heteroatoms. The number of rotatable bonds is 5. The molecule has 1 aliphatic rings. The Hall–Kier alpha value is -0.180. The second kappa shape index (κ2) is 6.72. The Labute approximate surface area is 129 Å². The SMILES string of the molecule is Cc1nc(C)c(SN(C)CCN2CCC(N)(O)CC2)s1. The maximum Gasteiger partial charge on any atom is 0.116 e. The third-order valence-electron chi connectivity index (χ3n) is 3.55. The summed E-state index contributed by atoms with van der Waals surface area (Å²) in [7, 11) is 2.11. The average molecular weight is 316 g/mol. The molecule has 5 nitrogen and oxygen atoms in total. The van der Waals surface area contributed by atoms with Crippen molar-refractivity contribution >= 4 is 23.3 Å². The number of nitrogens with zero attached hydrogens (tertiary/aromatic N) is 3. The minimum atomic E-state index is -0.950. The Balaban J connectivity index is 1.73. The van der Waals surface area contributed by atoms with Crippen molar-refractivity contribution in [3.8, 4) is 0 Å². The molecule has 0 amide bonds. The van der Waals surface area contributed by atoms with Gasteiger partial charge in [0.25, 0.3) is 0 Å². The first-order valence-electron chi connectivity index (χ1n) is 6.92. The van der Waals surface area contributed by atoms with E-state index in [9.17, 15) is 5.11 Å². The number of piperidine rings is 1. The smallest absolute Gasteiger partial charge is 0.116 e. The van der Waals surface area contributed by atoms with Crippen LogP contribution in [0.4, 0.5) is 0 Å². The third kappa shape index (κ3) is 4.68. The number of aryl methyl sites for hydroxylation is 2. The molecule has 0 aliphatic carbocycles. The van der Waals surface area contributed by atoms with Crippen molar-refractivity contribution in [1.29, 1.82) is 0 Å². The first kappa shape index (κ1) is 16.2. The number of thiazole rings is 1. The maximum atomic E-state index is 9.73. The number of aliphatic hydroxyl groups is 1. The van der Waals surface area contributed by atoms with Crippen LogP contribution in [0.3, 0.4) is 0 Å². The predicted octanol–water partition coefficient (Wildman–Crippen LogP) is 1.44. The second-order valence-corrected chi connectivity index (χ2v) is 8.17. The molecule has 1 aliphatic heterocycles. The zero-order chi connectivity index (χ0) is 14.8. The number of aromatic nitrogens is 1. The molecule has 0 spiro atoms. The molecule has 2 heterocycles. The van der Waals surface area contributed by atoms with Crippen LogP contribution in [0.2, 0.25) is 0 Å². The highest BCUT2D eigenvalue weighted by molar-refractivity contribution is 7.99. The molecule has 0 unspecified atom stereocenters. The van der Waals surface area contributed by atoms with Crippen molar-refractivity contribution < 1.29 is 5.11 Å². The Morgan fingerprint density at radius 2 is 2.10 bits per heavy atom. The molecule has 1 aromatic heterocycles. The minimum Gasteiger partial charge on any atom is -0.376 e. The molecular formula is C13H24N4OS2. The summed E-state index contributed by atoms with van der Waals surface area (Å²) >= 11 is 3.52. The number of likely N-dealkylation sites (N-methyl/N-ethyl adjacent to an activating group) is 1. The van der Waals surface area contributed by atoms with E-state index in [4.69, 9.17) is 5.73 Å². The van der Waals surface area contributed by atoms with Crippen LogP contribution in [-0.2, 0) is 0 Å². The second-order valence-electron chi connectivity index (χ2n) is 5.49. The van der Waals surface area contributed by atoms with Crippen LogP contribution < -0.4 is 5.73 Å². The molecule has 1 fully saturated rings. The van der Waals surface area contributed by atoms with Crippen LogP contribution in [0.5, 0.6) is 0 Å². The van der Waals surface area contributed by atoms with Gasteiger partial charge < -0.3 is 15.7 Å². The standard InChI is InChI=1S/C13H24N4OS2/c1-10-12(19-11(2)15-10)20-16(3)8-9-17-6-4-13(14,18)5-7-17/h18H,4-9,14H2,1-3H3. The van der Waals surface area contributed by atoms with E-state index in [0.717, 1.165) is 36.9 Å². The molecule has 0 radical (unpaired) electrons. The van der Waals surface area contributed by atoms with E-state index in [1.807, 2.05) is 6.92 Å². The summed E-state index contributed by atoms with van der Waals surface area (Å²) in [5, 5.41) is 10.9. The van der Waals surface area contributed by atoms with Gasteiger partial charge in [-0.2, -0.15) is 0 Å². The summed E-state index contributed by atoms with van der Waals surface area (Å²) in [6.45, 7) is 7.87. The molecule has 2 rings (SSSR count). The molecular weight excluding hydrogens is 292 g/mol. The van der Waals surface area contributed by atoms with E-state index in [0.29, 0.717) is 12.8 Å². The fourth-order valence-electron chi connectivity index (χ4n) is 2.23. The summed E-state index contributed by atoms with van der Waals surface area (Å²) < 4.78 is 3.53. The van der Waals surface area contributed by atoms with E-state index in [-0.39, 0.29) is 0 Å². The summed E-state index contributed by atoms with van der Waals surface area (Å²) in [6, 6.07) is 0. The van der Waals surface area contributed by atoms with Crippen LogP contribution in [0.15, 0.2) is 4.21 Å². The van der Waals surface area contributed by atoms with Gasteiger partial charge in [-0.3, -0.25) is 0 Å². The van der Waals surface area contributed by atoms with Crippen molar-refractivity contribution in [2.45, 2.75) is 36.6 Å². The molecule has 20 heavy (non-hydrogen) atoms. The molecule has 0 bridgehead atoms. The van der Waals surface area contributed by atoms with Gasteiger partial charge in [0.1, 0.15) is 5.72 Å². The molecule has 0 aromatic carbocycles. The van der Waals surface area contributed by atoms with Crippen LogP contribution in [0.25, 0.3) is 0 Å². The third-order valence-corrected chi connectivity index (χ3v) is 5.85. The molecule has 1 aromatic rings. The quantitative estimate of drug-likeness (QED) is 0.633. The lowest BCUT2D eigenvalue weighted by atomic mass is 10.0. The molecule has 114 valence electrons. The lowest BCUT2D eigenvalue weighted by molar-refractivity contribution is -0.0159. The van der Waals surface area contributed by atoms with E-state index in [1.54, 1.807) is 23.3 Å². The summed E-state index contributed by atoms with van der Waals surface area (Å²) in [5.74, 6) is 0. The predicted molar refractivity (Wildman–Crippen MR) is 84.9 cm³/mol. The van der Waals surface area contributed by atoms with E-state index < -0.39 is 5.72 Å². The Morgan fingerprint density at radius 3 is 2.65 bits per heavy atom. The van der Waals surface area contributed by atoms with Gasteiger partial charge in [0.15, 0.2) is 0 Å². The van der Waals surface area contributed by atoms with Gasteiger partial charge in [0.2, 0.25) is 0 Å². The van der Waals surface area contributed by atoms with Crippen molar-refractivity contribution in [1.82, 2.24) is 14.2 Å².